The lowest BCUT2D eigenvalue weighted by Gasteiger charge is -1.98. The fourth-order valence-corrected chi connectivity index (χ4v) is 1.60. The summed E-state index contributed by atoms with van der Waals surface area (Å²) in [6.07, 6.45) is 0. The van der Waals surface area contributed by atoms with Gasteiger partial charge in [0, 0.05) is 23.3 Å². The van der Waals surface area contributed by atoms with Gasteiger partial charge in [0.1, 0.15) is 0 Å². The molecule has 0 spiro atoms. The molecule has 0 aliphatic rings. The Bertz CT molecular complexity index is 661. The third-order valence-electron chi connectivity index (χ3n) is 2.91. The molecule has 0 saturated carbocycles. The minimum Gasteiger partial charge on any atom is -0.295 e. The molecule has 0 aliphatic carbocycles. The van der Waals surface area contributed by atoms with Crippen molar-refractivity contribution in [1.29, 1.82) is 0 Å². The molecule has 2 N–H and O–H groups in total. The highest BCUT2D eigenvalue weighted by Crippen LogP contribution is 2.11. The molecule has 24 heavy (non-hydrogen) atoms. The summed E-state index contributed by atoms with van der Waals surface area (Å²) in [5.74, 6) is -0.0700. The van der Waals surface area contributed by atoms with E-state index >= 15 is 0 Å². The van der Waals surface area contributed by atoms with Crippen LogP contribution in [0.4, 0.5) is 11.4 Å². The fraction of sp³-hybridized carbons (Fsp3) is 0.176. The van der Waals surface area contributed by atoms with E-state index in [0.29, 0.717) is 16.8 Å². The van der Waals surface area contributed by atoms with E-state index in [2.05, 4.69) is 0 Å². The summed E-state index contributed by atoms with van der Waals surface area (Å²) in [6, 6.07) is 12.1. The Morgan fingerprint density at radius 2 is 1.29 bits per heavy atom. The van der Waals surface area contributed by atoms with E-state index in [-0.39, 0.29) is 24.7 Å². The Morgan fingerprint density at radius 1 is 0.917 bits per heavy atom. The summed E-state index contributed by atoms with van der Waals surface area (Å²) >= 11 is 0. The van der Waals surface area contributed by atoms with Crippen LogP contribution in [0.2, 0.25) is 0 Å². The zero-order valence-electron chi connectivity index (χ0n) is 12.6. The van der Waals surface area contributed by atoms with Gasteiger partial charge in [-0.15, -0.1) is 0 Å². The van der Waals surface area contributed by atoms with Gasteiger partial charge in [0.2, 0.25) is 0 Å². The van der Waals surface area contributed by atoms with Gasteiger partial charge in [-0.1, -0.05) is 7.43 Å². The van der Waals surface area contributed by atoms with Crippen molar-refractivity contribution < 1.29 is 19.7 Å². The van der Waals surface area contributed by atoms with E-state index in [1.165, 1.54) is 38.1 Å². The highest BCUT2D eigenvalue weighted by molar-refractivity contribution is 5.94. The smallest absolute Gasteiger partial charge is 0.269 e. The minimum atomic E-state index is -0.496. The molecular weight excluding hydrogens is 312 g/mol. The van der Waals surface area contributed by atoms with Crippen LogP contribution < -0.4 is 5.48 Å². The number of anilines is 1. The Hall–Kier alpha value is -3.06. The van der Waals surface area contributed by atoms with Gasteiger partial charge in [-0.3, -0.25) is 30.4 Å². The third kappa shape index (κ3) is 6.37. The van der Waals surface area contributed by atoms with Crippen molar-refractivity contribution in [2.45, 2.75) is 21.3 Å². The molecular formula is C17H20N2O5. The number of nitrogens with zero attached hydrogens (tertiary/aromatic N) is 1. The summed E-state index contributed by atoms with van der Waals surface area (Å²) < 4.78 is 0. The number of hydrogen-bond acceptors (Lipinski definition) is 6. The number of nitro groups is 1. The molecule has 2 rings (SSSR count). The molecule has 2 aromatic rings. The first-order valence-electron chi connectivity index (χ1n) is 6.61. The molecule has 128 valence electrons. The lowest BCUT2D eigenvalue weighted by molar-refractivity contribution is -0.384. The summed E-state index contributed by atoms with van der Waals surface area (Å²) in [5.41, 5.74) is 3.69. The van der Waals surface area contributed by atoms with Gasteiger partial charge >= 0.3 is 0 Å². The van der Waals surface area contributed by atoms with Crippen LogP contribution in [0.1, 0.15) is 42.0 Å². The first-order valence-corrected chi connectivity index (χ1v) is 6.61. The number of hydrogen-bond donors (Lipinski definition) is 2. The van der Waals surface area contributed by atoms with Crippen molar-refractivity contribution >= 4 is 22.9 Å². The normalized spacial score (nSPS) is 8.96. The zero-order valence-corrected chi connectivity index (χ0v) is 12.6. The van der Waals surface area contributed by atoms with E-state index in [0.717, 1.165) is 0 Å². The molecule has 7 heteroatoms. The Balaban J connectivity index is 0.000000425. The van der Waals surface area contributed by atoms with Crippen LogP contribution in [0.15, 0.2) is 48.5 Å². The Kier molecular flexibility index (Phi) is 8.60. The van der Waals surface area contributed by atoms with Crippen LogP contribution in [0.3, 0.4) is 0 Å². The first-order chi connectivity index (χ1) is 10.8. The summed E-state index contributed by atoms with van der Waals surface area (Å²) in [5, 5.41) is 18.6. The molecule has 0 unspecified atom stereocenters. The second kappa shape index (κ2) is 9.86. The van der Waals surface area contributed by atoms with Crippen molar-refractivity contribution in [3.05, 3.63) is 69.8 Å². The van der Waals surface area contributed by atoms with Gasteiger partial charge in [0.05, 0.1) is 10.6 Å². The van der Waals surface area contributed by atoms with E-state index in [9.17, 15) is 19.7 Å². The van der Waals surface area contributed by atoms with Crippen LogP contribution in [-0.2, 0) is 0 Å². The van der Waals surface area contributed by atoms with Crippen LogP contribution >= 0.6 is 0 Å². The molecule has 0 aliphatic heterocycles. The number of ketones is 2. The monoisotopic (exact) mass is 332 g/mol. The highest BCUT2D eigenvalue weighted by Gasteiger charge is 2.05. The average Bonchev–Trinajstić information content (AvgIpc) is 2.55. The van der Waals surface area contributed by atoms with Crippen molar-refractivity contribution in [2.24, 2.45) is 0 Å². The maximum atomic E-state index is 10.8. The quantitative estimate of drug-likeness (QED) is 0.495. The number of carbonyl (C=O) groups excluding carboxylic acids is 2. The molecule has 0 aromatic heterocycles. The third-order valence-corrected chi connectivity index (χ3v) is 2.91. The standard InChI is InChI=1S/C8H7NO3.C8H9NO2.CH4/c1-6(10)7-2-4-8(5-3-7)9(11)12;1-6(10)7-2-4-8(9-11)5-3-7;/h2-5H,1H3;2-5,9,11H,1H3;1H4. The fourth-order valence-electron chi connectivity index (χ4n) is 1.60. The average molecular weight is 332 g/mol. The largest absolute Gasteiger partial charge is 0.295 e. The molecule has 7 nitrogen and oxygen atoms in total. The van der Waals surface area contributed by atoms with Crippen molar-refractivity contribution in [2.75, 3.05) is 5.48 Å². The van der Waals surface area contributed by atoms with Crippen LogP contribution in [0, 0.1) is 10.1 Å². The summed E-state index contributed by atoms with van der Waals surface area (Å²) in [6.45, 7) is 2.92. The van der Waals surface area contributed by atoms with E-state index in [4.69, 9.17) is 5.21 Å². The summed E-state index contributed by atoms with van der Waals surface area (Å²) in [4.78, 5) is 31.2. The van der Waals surface area contributed by atoms with Crippen molar-refractivity contribution in [3.8, 4) is 0 Å². The van der Waals surface area contributed by atoms with E-state index < -0.39 is 4.92 Å². The number of Topliss-reactive ketones (excluding diaryl/α,β-unsaturated/α-hetero) is 2. The number of non-ortho nitro benzene ring substituents is 1. The maximum absolute atomic E-state index is 10.8. The molecule has 0 fully saturated rings. The minimum absolute atomic E-state index is 0. The first kappa shape index (κ1) is 20.9. The predicted molar refractivity (Wildman–Crippen MR) is 91.7 cm³/mol. The van der Waals surface area contributed by atoms with Gasteiger partial charge < -0.3 is 0 Å². The van der Waals surface area contributed by atoms with Crippen LogP contribution in [0.25, 0.3) is 0 Å². The van der Waals surface area contributed by atoms with Gasteiger partial charge in [0.15, 0.2) is 11.6 Å². The zero-order chi connectivity index (χ0) is 17.4. The number of nitrogens with one attached hydrogen (secondary N) is 1. The van der Waals surface area contributed by atoms with E-state index in [1.54, 1.807) is 24.3 Å². The Labute approximate surface area is 140 Å². The van der Waals surface area contributed by atoms with Gasteiger partial charge in [-0.25, -0.2) is 0 Å². The Morgan fingerprint density at radius 3 is 1.58 bits per heavy atom. The van der Waals surface area contributed by atoms with Gasteiger partial charge in [-0.05, 0) is 50.2 Å². The summed E-state index contributed by atoms with van der Waals surface area (Å²) in [7, 11) is 0. The molecule has 0 radical (unpaired) electrons. The van der Waals surface area contributed by atoms with E-state index in [1.807, 2.05) is 5.48 Å². The van der Waals surface area contributed by atoms with Crippen molar-refractivity contribution in [1.82, 2.24) is 0 Å². The molecule has 0 heterocycles. The van der Waals surface area contributed by atoms with Gasteiger partial charge in [-0.2, -0.15) is 0 Å². The number of carbonyl (C=O) groups is 2. The number of rotatable bonds is 4. The second-order valence-corrected chi connectivity index (χ2v) is 4.61. The lowest BCUT2D eigenvalue weighted by Crippen LogP contribution is -1.93. The predicted octanol–water partition coefficient (Wildman–Crippen LogP) is 4.12. The number of benzene rings is 2. The molecule has 0 amide bonds. The molecule has 0 bridgehead atoms. The van der Waals surface area contributed by atoms with Crippen LogP contribution in [-0.4, -0.2) is 21.7 Å². The maximum Gasteiger partial charge on any atom is 0.269 e. The van der Waals surface area contributed by atoms with Crippen LogP contribution in [0.5, 0.6) is 0 Å². The molecule has 2 aromatic carbocycles. The molecule has 0 saturated heterocycles. The highest BCUT2D eigenvalue weighted by atomic mass is 16.6. The topological polar surface area (TPSA) is 110 Å². The van der Waals surface area contributed by atoms with Gasteiger partial charge in [0.25, 0.3) is 5.69 Å². The second-order valence-electron chi connectivity index (χ2n) is 4.61. The van der Waals surface area contributed by atoms with Crippen molar-refractivity contribution in [3.63, 3.8) is 0 Å². The number of nitro benzene ring substituents is 1. The molecule has 0 atom stereocenters. The SMILES string of the molecule is C.CC(=O)c1ccc(NO)cc1.CC(=O)c1ccc([N+](=O)[O-])cc1. The lowest BCUT2D eigenvalue weighted by atomic mass is 10.1.